The summed E-state index contributed by atoms with van der Waals surface area (Å²) in [7, 11) is 1.32. The zero-order valence-corrected chi connectivity index (χ0v) is 9.21. The van der Waals surface area contributed by atoms with Crippen LogP contribution in [0.5, 0.6) is 0 Å². The summed E-state index contributed by atoms with van der Waals surface area (Å²) in [5.74, 6) is 0.0310. The van der Waals surface area contributed by atoms with Crippen molar-refractivity contribution in [2.24, 2.45) is 0 Å². The molecule has 6 heteroatoms. The van der Waals surface area contributed by atoms with Gasteiger partial charge in [0.1, 0.15) is 11.9 Å². The molecule has 15 heavy (non-hydrogen) atoms. The highest BCUT2D eigenvalue weighted by Crippen LogP contribution is 2.19. The molecule has 0 aliphatic heterocycles. The molecule has 1 rings (SSSR count). The number of rotatable bonds is 3. The molecule has 1 heterocycles. The van der Waals surface area contributed by atoms with E-state index in [1.54, 1.807) is 13.0 Å². The van der Waals surface area contributed by atoms with Gasteiger partial charge in [0.05, 0.1) is 17.8 Å². The van der Waals surface area contributed by atoms with Gasteiger partial charge in [0, 0.05) is 6.20 Å². The van der Waals surface area contributed by atoms with Crippen LogP contribution in [0.1, 0.15) is 6.92 Å². The monoisotopic (exact) mass is 229 g/mol. The number of ether oxygens (including phenoxy) is 1. The molecule has 0 aliphatic rings. The van der Waals surface area contributed by atoms with Crippen LogP contribution in [-0.2, 0) is 9.53 Å². The third-order valence-electron chi connectivity index (χ3n) is 1.79. The molecule has 0 aliphatic carbocycles. The van der Waals surface area contributed by atoms with E-state index in [0.717, 1.165) is 0 Å². The summed E-state index contributed by atoms with van der Waals surface area (Å²) >= 11 is 5.68. The lowest BCUT2D eigenvalue weighted by Crippen LogP contribution is -2.28. The topological polar surface area (TPSA) is 77.2 Å². The first-order valence-corrected chi connectivity index (χ1v) is 4.67. The standard InChI is InChI=1S/C9H12ClN3O2/c1-5(9(14)15-2)13-8-7(11)3-6(10)4-12-8/h3-5H,11H2,1-2H3,(H,12,13). The number of nitrogens with one attached hydrogen (secondary N) is 1. The van der Waals surface area contributed by atoms with Crippen LogP contribution < -0.4 is 11.1 Å². The number of methoxy groups -OCH3 is 1. The second-order valence-electron chi connectivity index (χ2n) is 2.98. The molecule has 5 nitrogen and oxygen atoms in total. The van der Waals surface area contributed by atoms with E-state index in [1.165, 1.54) is 13.3 Å². The van der Waals surface area contributed by atoms with Gasteiger partial charge in [0.25, 0.3) is 0 Å². The Labute approximate surface area is 92.6 Å². The second kappa shape index (κ2) is 4.84. The molecular weight excluding hydrogens is 218 g/mol. The van der Waals surface area contributed by atoms with Crippen molar-refractivity contribution >= 4 is 29.1 Å². The smallest absolute Gasteiger partial charge is 0.328 e. The Hall–Kier alpha value is -1.49. The first-order chi connectivity index (χ1) is 7.04. The van der Waals surface area contributed by atoms with Crippen LogP contribution in [0, 0.1) is 0 Å². The number of aromatic nitrogens is 1. The third-order valence-corrected chi connectivity index (χ3v) is 2.00. The lowest BCUT2D eigenvalue weighted by Gasteiger charge is -2.13. The predicted octanol–water partition coefficient (Wildman–Crippen LogP) is 1.29. The summed E-state index contributed by atoms with van der Waals surface area (Å²) in [5, 5.41) is 3.27. The van der Waals surface area contributed by atoms with E-state index in [0.29, 0.717) is 16.5 Å². The maximum Gasteiger partial charge on any atom is 0.328 e. The zero-order chi connectivity index (χ0) is 11.4. The van der Waals surface area contributed by atoms with Crippen molar-refractivity contribution in [1.29, 1.82) is 0 Å². The molecule has 0 saturated heterocycles. The Morgan fingerprint density at radius 3 is 2.93 bits per heavy atom. The summed E-state index contributed by atoms with van der Waals surface area (Å²) in [6, 6.07) is 1.05. The molecule has 0 bridgehead atoms. The predicted molar refractivity (Wildman–Crippen MR) is 58.8 cm³/mol. The van der Waals surface area contributed by atoms with Crippen molar-refractivity contribution in [3.63, 3.8) is 0 Å². The number of hydrogen-bond donors (Lipinski definition) is 2. The molecule has 82 valence electrons. The van der Waals surface area contributed by atoms with Crippen molar-refractivity contribution in [1.82, 2.24) is 4.98 Å². The van der Waals surface area contributed by atoms with Crippen LogP contribution in [0.3, 0.4) is 0 Å². The number of carbonyl (C=O) groups excluding carboxylic acids is 1. The summed E-state index contributed by atoms with van der Waals surface area (Å²) in [4.78, 5) is 15.1. The molecule has 0 spiro atoms. The number of nitrogen functional groups attached to an aromatic ring is 1. The van der Waals surface area contributed by atoms with Gasteiger partial charge >= 0.3 is 5.97 Å². The Balaban J connectivity index is 2.76. The van der Waals surface area contributed by atoms with Crippen LogP contribution in [0.2, 0.25) is 5.02 Å². The van der Waals surface area contributed by atoms with Crippen molar-refractivity contribution in [3.05, 3.63) is 17.3 Å². The van der Waals surface area contributed by atoms with Crippen LogP contribution in [0.25, 0.3) is 0 Å². The first kappa shape index (κ1) is 11.6. The van der Waals surface area contributed by atoms with E-state index in [2.05, 4.69) is 15.0 Å². The number of pyridine rings is 1. The van der Waals surface area contributed by atoms with Gasteiger partial charge in [-0.2, -0.15) is 0 Å². The normalized spacial score (nSPS) is 11.9. The molecule has 1 aromatic heterocycles. The average Bonchev–Trinajstić information content (AvgIpc) is 2.20. The van der Waals surface area contributed by atoms with Crippen molar-refractivity contribution in [3.8, 4) is 0 Å². The fourth-order valence-corrected chi connectivity index (χ4v) is 1.18. The van der Waals surface area contributed by atoms with Crippen molar-refractivity contribution < 1.29 is 9.53 Å². The number of halogens is 1. The minimum atomic E-state index is -0.508. The fraction of sp³-hybridized carbons (Fsp3) is 0.333. The van der Waals surface area contributed by atoms with E-state index in [9.17, 15) is 4.79 Å². The van der Waals surface area contributed by atoms with Crippen LogP contribution in [0.4, 0.5) is 11.5 Å². The number of anilines is 2. The number of nitrogens with two attached hydrogens (primary N) is 1. The van der Waals surface area contributed by atoms with Gasteiger partial charge in [-0.05, 0) is 13.0 Å². The van der Waals surface area contributed by atoms with Crippen LogP contribution >= 0.6 is 11.6 Å². The van der Waals surface area contributed by atoms with Crippen molar-refractivity contribution in [2.45, 2.75) is 13.0 Å². The molecule has 0 fully saturated rings. The van der Waals surface area contributed by atoms with Gasteiger partial charge in [0.2, 0.25) is 0 Å². The maximum absolute atomic E-state index is 11.1. The van der Waals surface area contributed by atoms with E-state index in [4.69, 9.17) is 17.3 Å². The number of hydrogen-bond acceptors (Lipinski definition) is 5. The molecular formula is C9H12ClN3O2. The molecule has 1 aromatic rings. The van der Waals surface area contributed by atoms with Gasteiger partial charge in [-0.25, -0.2) is 9.78 Å². The zero-order valence-electron chi connectivity index (χ0n) is 8.45. The van der Waals surface area contributed by atoms with E-state index in [-0.39, 0.29) is 5.97 Å². The molecule has 0 aromatic carbocycles. The van der Waals surface area contributed by atoms with E-state index in [1.807, 2.05) is 0 Å². The Bertz CT molecular complexity index is 370. The summed E-state index contributed by atoms with van der Waals surface area (Å²) in [5.41, 5.74) is 6.04. The number of nitrogens with zero attached hydrogens (tertiary/aromatic N) is 1. The van der Waals surface area contributed by atoms with Gasteiger partial charge < -0.3 is 15.8 Å². The van der Waals surface area contributed by atoms with E-state index >= 15 is 0 Å². The molecule has 0 amide bonds. The highest BCUT2D eigenvalue weighted by Gasteiger charge is 2.14. The Morgan fingerprint density at radius 2 is 2.40 bits per heavy atom. The SMILES string of the molecule is COC(=O)C(C)Nc1ncc(Cl)cc1N. The molecule has 1 atom stereocenters. The lowest BCUT2D eigenvalue weighted by atomic mass is 10.3. The van der Waals surface area contributed by atoms with Crippen LogP contribution in [0.15, 0.2) is 12.3 Å². The molecule has 0 saturated carbocycles. The molecule has 0 radical (unpaired) electrons. The van der Waals surface area contributed by atoms with Crippen LogP contribution in [-0.4, -0.2) is 24.1 Å². The minimum absolute atomic E-state index is 0.383. The first-order valence-electron chi connectivity index (χ1n) is 4.30. The summed E-state index contributed by atoms with van der Waals surface area (Å²) in [6.07, 6.45) is 1.45. The lowest BCUT2D eigenvalue weighted by molar-refractivity contribution is -0.141. The minimum Gasteiger partial charge on any atom is -0.467 e. The number of carbonyl (C=O) groups is 1. The second-order valence-corrected chi connectivity index (χ2v) is 3.42. The Morgan fingerprint density at radius 1 is 1.73 bits per heavy atom. The summed E-state index contributed by atoms with van der Waals surface area (Å²) < 4.78 is 4.55. The fourth-order valence-electron chi connectivity index (χ4n) is 1.02. The largest absolute Gasteiger partial charge is 0.467 e. The molecule has 1 unspecified atom stereocenters. The maximum atomic E-state index is 11.1. The van der Waals surface area contributed by atoms with Crippen molar-refractivity contribution in [2.75, 3.05) is 18.2 Å². The molecule has 3 N–H and O–H groups in total. The highest BCUT2D eigenvalue weighted by molar-refractivity contribution is 6.30. The Kier molecular flexibility index (Phi) is 3.74. The quantitative estimate of drug-likeness (QED) is 0.764. The van der Waals surface area contributed by atoms with Gasteiger partial charge in [-0.1, -0.05) is 11.6 Å². The average molecular weight is 230 g/mol. The van der Waals surface area contributed by atoms with E-state index < -0.39 is 6.04 Å². The third kappa shape index (κ3) is 2.99. The van der Waals surface area contributed by atoms with Gasteiger partial charge in [-0.3, -0.25) is 0 Å². The van der Waals surface area contributed by atoms with Gasteiger partial charge in [0.15, 0.2) is 0 Å². The van der Waals surface area contributed by atoms with Gasteiger partial charge in [-0.15, -0.1) is 0 Å². The number of esters is 1. The summed E-state index contributed by atoms with van der Waals surface area (Å²) in [6.45, 7) is 1.65. The highest BCUT2D eigenvalue weighted by atomic mass is 35.5.